The number of β-lactam (4-membered cyclic amide) rings is 1. The highest BCUT2D eigenvalue weighted by molar-refractivity contribution is 7.84. The number of rotatable bonds is 10. The van der Waals surface area contributed by atoms with Crippen LogP contribution in [0.2, 0.25) is 0 Å². The zero-order valence-corrected chi connectivity index (χ0v) is 21.7. The predicted molar refractivity (Wildman–Crippen MR) is 131 cm³/mol. The minimum absolute atomic E-state index is 0.00480. The summed E-state index contributed by atoms with van der Waals surface area (Å²) in [7, 11) is -5.07. The van der Waals surface area contributed by atoms with Gasteiger partial charge in [0.05, 0.1) is 6.20 Å². The molecule has 8 N–H and O–H groups in total. The average Bonchev–Trinajstić information content (AvgIpc) is 3.24. The van der Waals surface area contributed by atoms with Crippen molar-refractivity contribution >= 4 is 50.4 Å². The van der Waals surface area contributed by atoms with Crippen molar-refractivity contribution in [3.05, 3.63) is 39.3 Å². The van der Waals surface area contributed by atoms with E-state index >= 15 is 0 Å². The summed E-state index contributed by atoms with van der Waals surface area (Å²) < 4.78 is 37.4. The highest BCUT2D eigenvalue weighted by atomic mass is 32.2. The monoisotopic (exact) mass is 589 g/mol. The van der Waals surface area contributed by atoms with Crippen molar-refractivity contribution in [3.8, 4) is 5.75 Å². The largest absolute Gasteiger partial charge is 0.503 e. The topological polar surface area (TPSA) is 279 Å². The molecule has 3 atom stereocenters. The van der Waals surface area contributed by atoms with Crippen LogP contribution < -0.4 is 22.2 Å². The van der Waals surface area contributed by atoms with E-state index in [0.29, 0.717) is 4.73 Å². The second-order valence-corrected chi connectivity index (χ2v) is 10.5. The van der Waals surface area contributed by atoms with Crippen molar-refractivity contribution in [2.75, 3.05) is 12.3 Å². The van der Waals surface area contributed by atoms with Gasteiger partial charge in [0.15, 0.2) is 22.7 Å². The number of nitrogens with two attached hydrogens (primary N) is 2. The fourth-order valence-corrected chi connectivity index (χ4v) is 4.88. The van der Waals surface area contributed by atoms with Crippen LogP contribution in [-0.2, 0) is 29.5 Å². The summed E-state index contributed by atoms with van der Waals surface area (Å²) in [6.07, 6.45) is -1.72. The van der Waals surface area contributed by atoms with E-state index in [1.807, 2.05) is 0 Å². The van der Waals surface area contributed by atoms with Gasteiger partial charge in [-0.05, 0) is 5.92 Å². The van der Waals surface area contributed by atoms with Crippen molar-refractivity contribution in [2.24, 2.45) is 16.8 Å². The number of nitrogens with zero attached hydrogens (tertiary/aromatic N) is 4. The zero-order chi connectivity index (χ0) is 29.2. The van der Waals surface area contributed by atoms with Gasteiger partial charge in [-0.15, -0.1) is 11.3 Å². The van der Waals surface area contributed by atoms with Gasteiger partial charge in [0.1, 0.15) is 30.1 Å². The number of aromatic hydroxyl groups is 1. The number of pyridine rings is 1. The Kier molecular flexibility index (Phi) is 8.31. The third-order valence-electron chi connectivity index (χ3n) is 5.28. The van der Waals surface area contributed by atoms with E-state index in [0.717, 1.165) is 23.6 Å². The SMILES string of the molecule is CC(C)C(O/N=C(\C(=O)N[C@@H]1C(=O)N(S(=O)(=O)O)[C@@H]1COC(N)=O)c1csc(N)n1)c1cc(=O)c(O)cn1O. The van der Waals surface area contributed by atoms with Gasteiger partial charge in [0.25, 0.3) is 11.8 Å². The standard InChI is InChI=1S/C19H23N7O11S2/c1-7(2)15(9-3-11(27)12(28)4-25(9)32)37-24-13(8-6-38-18(20)22-8)16(29)23-14-10(5-36-19(21)31)26(17(14)30)39(33,34)35/h3-4,6-7,10,14-15,28,32H,5H2,1-2H3,(H2,20,22)(H2,21,31)(H,23,29)(H,33,34,35)/b24-13-/t10-,14+,15?/m1/s1. The second-order valence-electron chi connectivity index (χ2n) is 8.33. The molecule has 1 aliphatic heterocycles. The lowest BCUT2D eigenvalue weighted by Crippen LogP contribution is -2.73. The number of carbonyl (C=O) groups is 3. The molecule has 0 radical (unpaired) electrons. The Morgan fingerprint density at radius 1 is 1.33 bits per heavy atom. The van der Waals surface area contributed by atoms with Crippen LogP contribution in [-0.4, -0.2) is 79.6 Å². The summed E-state index contributed by atoms with van der Waals surface area (Å²) in [5.41, 5.74) is 8.91. The number of thiazole rings is 1. The Balaban J connectivity index is 1.94. The average molecular weight is 590 g/mol. The Labute approximate surface area is 223 Å². The van der Waals surface area contributed by atoms with Crippen LogP contribution in [0, 0.1) is 5.92 Å². The van der Waals surface area contributed by atoms with Gasteiger partial charge < -0.3 is 36.7 Å². The minimum atomic E-state index is -5.07. The first-order valence-electron chi connectivity index (χ1n) is 10.8. The molecule has 1 unspecified atom stereocenters. The Morgan fingerprint density at radius 2 is 2.00 bits per heavy atom. The summed E-state index contributed by atoms with van der Waals surface area (Å²) in [6.45, 7) is 2.49. The van der Waals surface area contributed by atoms with Crippen molar-refractivity contribution in [2.45, 2.75) is 32.0 Å². The van der Waals surface area contributed by atoms with Crippen LogP contribution in [0.4, 0.5) is 9.93 Å². The normalized spacial score (nSPS) is 18.4. The molecular weight excluding hydrogens is 566 g/mol. The summed E-state index contributed by atoms with van der Waals surface area (Å²) in [5, 5.41) is 27.0. The van der Waals surface area contributed by atoms with E-state index in [2.05, 4.69) is 20.2 Å². The number of nitrogens with one attached hydrogen (secondary N) is 1. The van der Waals surface area contributed by atoms with E-state index < -0.39 is 75.8 Å². The molecule has 3 rings (SSSR count). The number of carbonyl (C=O) groups excluding carboxylic acids is 3. The molecule has 0 aliphatic carbocycles. The number of nitrogen functional groups attached to an aromatic ring is 1. The van der Waals surface area contributed by atoms with Crippen LogP contribution in [0.5, 0.6) is 5.75 Å². The zero-order valence-electron chi connectivity index (χ0n) is 20.1. The van der Waals surface area contributed by atoms with Gasteiger partial charge >= 0.3 is 16.4 Å². The summed E-state index contributed by atoms with van der Waals surface area (Å²) in [6, 6.07) is -2.26. The van der Waals surface area contributed by atoms with E-state index in [9.17, 15) is 42.5 Å². The molecule has 2 aromatic rings. The van der Waals surface area contributed by atoms with Gasteiger partial charge in [0.2, 0.25) is 5.43 Å². The van der Waals surface area contributed by atoms with Crippen molar-refractivity contribution in [3.63, 3.8) is 0 Å². The Hall–Kier alpha value is -4.43. The maximum atomic E-state index is 13.2. The fourth-order valence-electron chi connectivity index (χ4n) is 3.47. The number of ether oxygens (including phenoxy) is 1. The van der Waals surface area contributed by atoms with Crippen LogP contribution in [0.15, 0.2) is 27.6 Å². The summed E-state index contributed by atoms with van der Waals surface area (Å²) in [5.74, 6) is -3.57. The number of amides is 3. The number of aromatic nitrogens is 2. The smallest absolute Gasteiger partial charge is 0.404 e. The molecule has 1 saturated heterocycles. The highest BCUT2D eigenvalue weighted by Gasteiger charge is 2.55. The third-order valence-corrected chi connectivity index (χ3v) is 6.90. The molecule has 0 saturated carbocycles. The molecule has 3 heterocycles. The predicted octanol–water partition coefficient (Wildman–Crippen LogP) is -1.46. The number of oxime groups is 1. The van der Waals surface area contributed by atoms with E-state index in [-0.39, 0.29) is 20.8 Å². The number of hydrogen-bond donors (Lipinski definition) is 6. The lowest BCUT2D eigenvalue weighted by atomic mass is 9.99. The molecule has 0 spiro atoms. The second kappa shape index (κ2) is 11.1. The first-order chi connectivity index (χ1) is 18.1. The van der Waals surface area contributed by atoms with Crippen LogP contribution >= 0.6 is 11.3 Å². The van der Waals surface area contributed by atoms with Gasteiger partial charge in [-0.1, -0.05) is 19.0 Å². The lowest BCUT2D eigenvalue weighted by Gasteiger charge is -2.43. The first-order valence-corrected chi connectivity index (χ1v) is 13.0. The molecule has 0 aromatic carbocycles. The van der Waals surface area contributed by atoms with Crippen LogP contribution in [0.1, 0.15) is 31.3 Å². The molecule has 2 aromatic heterocycles. The molecule has 39 heavy (non-hydrogen) atoms. The highest BCUT2D eigenvalue weighted by Crippen LogP contribution is 2.27. The van der Waals surface area contributed by atoms with E-state index in [1.165, 1.54) is 5.38 Å². The summed E-state index contributed by atoms with van der Waals surface area (Å²) >= 11 is 0.926. The van der Waals surface area contributed by atoms with Gasteiger partial charge in [-0.2, -0.15) is 13.1 Å². The fraction of sp³-hybridized carbons (Fsp3) is 0.368. The van der Waals surface area contributed by atoms with Crippen LogP contribution in [0.3, 0.4) is 0 Å². The first kappa shape index (κ1) is 29.1. The maximum Gasteiger partial charge on any atom is 0.404 e. The van der Waals surface area contributed by atoms with E-state index in [4.69, 9.17) is 16.3 Å². The molecule has 212 valence electrons. The third kappa shape index (κ3) is 6.35. The molecule has 1 aliphatic rings. The Morgan fingerprint density at radius 3 is 2.54 bits per heavy atom. The van der Waals surface area contributed by atoms with Gasteiger partial charge in [-0.3, -0.25) is 18.9 Å². The molecule has 1 fully saturated rings. The quantitative estimate of drug-likeness (QED) is 0.0608. The van der Waals surface area contributed by atoms with E-state index in [1.54, 1.807) is 13.8 Å². The minimum Gasteiger partial charge on any atom is -0.503 e. The number of primary amides is 1. The van der Waals surface area contributed by atoms with Crippen molar-refractivity contribution in [1.29, 1.82) is 0 Å². The summed E-state index contributed by atoms with van der Waals surface area (Å²) in [4.78, 5) is 57.9. The number of hydrogen-bond acceptors (Lipinski definition) is 14. The van der Waals surface area contributed by atoms with Crippen LogP contribution in [0.25, 0.3) is 0 Å². The molecule has 20 heteroatoms. The van der Waals surface area contributed by atoms with Gasteiger partial charge in [-0.25, -0.2) is 14.1 Å². The molecule has 0 bridgehead atoms. The van der Waals surface area contributed by atoms with Crippen molar-refractivity contribution < 1.29 is 47.2 Å². The maximum absolute atomic E-state index is 13.2. The molecule has 3 amide bonds. The Bertz CT molecular complexity index is 1480. The van der Waals surface area contributed by atoms with Crippen molar-refractivity contribution in [1.82, 2.24) is 19.3 Å². The number of anilines is 1. The lowest BCUT2D eigenvalue weighted by molar-refractivity contribution is -0.146. The van der Waals surface area contributed by atoms with Gasteiger partial charge in [0, 0.05) is 11.4 Å². The molecular formula is C19H23N7O11S2. The molecule has 18 nitrogen and oxygen atoms in total.